The lowest BCUT2D eigenvalue weighted by molar-refractivity contribution is 0.368. The number of benzene rings is 1. The van der Waals surface area contributed by atoms with Gasteiger partial charge in [-0.1, -0.05) is 43.5 Å². The third-order valence-electron chi connectivity index (χ3n) is 2.74. The summed E-state index contributed by atoms with van der Waals surface area (Å²) < 4.78 is 0. The van der Waals surface area contributed by atoms with E-state index in [2.05, 4.69) is 19.3 Å². The van der Waals surface area contributed by atoms with Crippen molar-refractivity contribution in [3.63, 3.8) is 0 Å². The van der Waals surface area contributed by atoms with Crippen LogP contribution in [0.5, 0.6) is 0 Å². The highest BCUT2D eigenvalue weighted by molar-refractivity contribution is 6.34. The molecule has 0 spiro atoms. The van der Waals surface area contributed by atoms with Gasteiger partial charge in [-0.3, -0.25) is 11.3 Å². The third kappa shape index (κ3) is 3.63. The lowest BCUT2D eigenvalue weighted by atomic mass is 9.91. The van der Waals surface area contributed by atoms with Gasteiger partial charge in [0.2, 0.25) is 0 Å². The van der Waals surface area contributed by atoms with Crippen LogP contribution in [-0.2, 0) is 0 Å². The maximum atomic E-state index is 5.98. The minimum atomic E-state index is 0.0937. The number of nitrogens with two attached hydrogens (primary N) is 1. The molecule has 0 aliphatic carbocycles. The van der Waals surface area contributed by atoms with E-state index in [9.17, 15) is 0 Å². The lowest BCUT2D eigenvalue weighted by Gasteiger charge is -2.23. The van der Waals surface area contributed by atoms with Crippen LogP contribution in [-0.4, -0.2) is 0 Å². The fourth-order valence-electron chi connectivity index (χ4n) is 1.97. The van der Waals surface area contributed by atoms with Crippen LogP contribution in [0.3, 0.4) is 0 Å². The largest absolute Gasteiger partial charge is 0.271 e. The van der Waals surface area contributed by atoms with Gasteiger partial charge in [0.05, 0.1) is 0 Å². The summed E-state index contributed by atoms with van der Waals surface area (Å²) in [5.74, 6) is 6.05. The summed E-state index contributed by atoms with van der Waals surface area (Å²) in [6.45, 7) is 4.33. The molecule has 0 saturated carbocycles. The molecule has 4 heteroatoms. The van der Waals surface area contributed by atoms with Crippen molar-refractivity contribution in [1.29, 1.82) is 0 Å². The van der Waals surface area contributed by atoms with Crippen molar-refractivity contribution in [3.05, 3.63) is 33.8 Å². The molecule has 90 valence electrons. The van der Waals surface area contributed by atoms with Gasteiger partial charge in [0, 0.05) is 16.1 Å². The van der Waals surface area contributed by atoms with Crippen molar-refractivity contribution in [2.24, 2.45) is 11.8 Å². The Kier molecular flexibility index (Phi) is 5.56. The van der Waals surface area contributed by atoms with Gasteiger partial charge >= 0.3 is 0 Å². The molecule has 0 aliphatic rings. The van der Waals surface area contributed by atoms with Crippen molar-refractivity contribution in [3.8, 4) is 0 Å². The highest BCUT2D eigenvalue weighted by Crippen LogP contribution is 2.29. The quantitative estimate of drug-likeness (QED) is 0.622. The molecule has 1 aromatic rings. The van der Waals surface area contributed by atoms with E-state index in [-0.39, 0.29) is 6.04 Å². The summed E-state index contributed by atoms with van der Waals surface area (Å²) >= 11 is 12.0. The minimum Gasteiger partial charge on any atom is -0.271 e. The van der Waals surface area contributed by atoms with E-state index in [1.165, 1.54) is 0 Å². The first-order chi connectivity index (χ1) is 7.58. The van der Waals surface area contributed by atoms with E-state index >= 15 is 0 Å². The van der Waals surface area contributed by atoms with Crippen LogP contribution in [0.25, 0.3) is 0 Å². The standard InChI is InChI=1S/C12H18Cl2N2/c1-3-4-8(2)12(16-15)9-5-10(13)7-11(14)6-9/h5-8,12,16H,3-4,15H2,1-2H3. The zero-order valence-corrected chi connectivity index (χ0v) is 11.1. The number of hydrogen-bond acceptors (Lipinski definition) is 2. The molecule has 1 aromatic carbocycles. The molecular weight excluding hydrogens is 243 g/mol. The summed E-state index contributed by atoms with van der Waals surface area (Å²) in [4.78, 5) is 0. The number of rotatable bonds is 5. The number of hydrogen-bond donors (Lipinski definition) is 2. The predicted molar refractivity (Wildman–Crippen MR) is 70.6 cm³/mol. The summed E-state index contributed by atoms with van der Waals surface area (Å²) in [6, 6.07) is 5.63. The Bertz CT molecular complexity index is 322. The Hall–Kier alpha value is -0.280. The first kappa shape index (κ1) is 13.8. The molecule has 2 nitrogen and oxygen atoms in total. The lowest BCUT2D eigenvalue weighted by Crippen LogP contribution is -2.32. The Morgan fingerprint density at radius 2 is 1.81 bits per heavy atom. The highest BCUT2D eigenvalue weighted by atomic mass is 35.5. The smallest absolute Gasteiger partial charge is 0.0486 e. The molecule has 0 heterocycles. The molecule has 0 radical (unpaired) electrons. The maximum absolute atomic E-state index is 5.98. The Labute approximate surface area is 107 Å². The van der Waals surface area contributed by atoms with Crippen molar-refractivity contribution in [2.75, 3.05) is 0 Å². The first-order valence-electron chi connectivity index (χ1n) is 5.50. The maximum Gasteiger partial charge on any atom is 0.0486 e. The second-order valence-electron chi connectivity index (χ2n) is 4.11. The van der Waals surface area contributed by atoms with Gasteiger partial charge in [-0.05, 0) is 36.1 Å². The summed E-state index contributed by atoms with van der Waals surface area (Å²) in [5.41, 5.74) is 3.88. The van der Waals surface area contributed by atoms with Gasteiger partial charge in [0.15, 0.2) is 0 Å². The van der Waals surface area contributed by atoms with Crippen molar-refractivity contribution in [2.45, 2.75) is 32.7 Å². The van der Waals surface area contributed by atoms with E-state index in [0.29, 0.717) is 16.0 Å². The second kappa shape index (κ2) is 6.45. The van der Waals surface area contributed by atoms with Crippen LogP contribution in [0.15, 0.2) is 18.2 Å². The summed E-state index contributed by atoms with van der Waals surface area (Å²) in [5, 5.41) is 1.29. The van der Waals surface area contributed by atoms with Crippen LogP contribution in [0, 0.1) is 5.92 Å². The normalized spacial score (nSPS) is 14.8. The molecular formula is C12H18Cl2N2. The van der Waals surface area contributed by atoms with Crippen LogP contribution >= 0.6 is 23.2 Å². The van der Waals surface area contributed by atoms with Gasteiger partial charge in [-0.2, -0.15) is 0 Å². The Morgan fingerprint density at radius 1 is 1.25 bits per heavy atom. The van der Waals surface area contributed by atoms with Crippen molar-refractivity contribution in [1.82, 2.24) is 5.43 Å². The molecule has 3 N–H and O–H groups in total. The Morgan fingerprint density at radius 3 is 2.25 bits per heavy atom. The van der Waals surface area contributed by atoms with Crippen LogP contribution in [0.4, 0.5) is 0 Å². The monoisotopic (exact) mass is 260 g/mol. The summed E-state index contributed by atoms with van der Waals surface area (Å²) in [6.07, 6.45) is 2.24. The van der Waals surface area contributed by atoms with E-state index in [4.69, 9.17) is 29.0 Å². The van der Waals surface area contributed by atoms with Crippen molar-refractivity contribution >= 4 is 23.2 Å². The van der Waals surface area contributed by atoms with Gasteiger partial charge < -0.3 is 0 Å². The van der Waals surface area contributed by atoms with Crippen LogP contribution in [0.2, 0.25) is 10.0 Å². The third-order valence-corrected chi connectivity index (χ3v) is 3.17. The number of hydrazine groups is 1. The SMILES string of the molecule is CCCC(C)C(NN)c1cc(Cl)cc(Cl)c1. The number of halogens is 2. The van der Waals surface area contributed by atoms with E-state index in [1.54, 1.807) is 6.07 Å². The van der Waals surface area contributed by atoms with Gasteiger partial charge in [0.25, 0.3) is 0 Å². The van der Waals surface area contributed by atoms with E-state index in [1.807, 2.05) is 12.1 Å². The van der Waals surface area contributed by atoms with Gasteiger partial charge in [0.1, 0.15) is 0 Å². The van der Waals surface area contributed by atoms with Crippen LogP contribution < -0.4 is 11.3 Å². The predicted octanol–water partition coefficient (Wildman–Crippen LogP) is 3.93. The molecule has 2 atom stereocenters. The number of nitrogens with one attached hydrogen (secondary N) is 1. The average molecular weight is 261 g/mol. The first-order valence-corrected chi connectivity index (χ1v) is 6.26. The fraction of sp³-hybridized carbons (Fsp3) is 0.500. The molecule has 0 saturated heterocycles. The summed E-state index contributed by atoms with van der Waals surface area (Å²) in [7, 11) is 0. The van der Waals surface area contributed by atoms with E-state index in [0.717, 1.165) is 18.4 Å². The second-order valence-corrected chi connectivity index (χ2v) is 4.99. The minimum absolute atomic E-state index is 0.0937. The molecule has 1 rings (SSSR count). The van der Waals surface area contributed by atoms with Crippen LogP contribution in [0.1, 0.15) is 38.3 Å². The van der Waals surface area contributed by atoms with Gasteiger partial charge in [-0.25, -0.2) is 0 Å². The highest BCUT2D eigenvalue weighted by Gasteiger charge is 2.17. The Balaban J connectivity index is 2.94. The topological polar surface area (TPSA) is 38.0 Å². The van der Waals surface area contributed by atoms with Crippen molar-refractivity contribution < 1.29 is 0 Å². The molecule has 0 amide bonds. The molecule has 0 aliphatic heterocycles. The molecule has 0 fully saturated rings. The molecule has 2 unspecified atom stereocenters. The van der Waals surface area contributed by atoms with Gasteiger partial charge in [-0.15, -0.1) is 0 Å². The molecule has 16 heavy (non-hydrogen) atoms. The zero-order valence-electron chi connectivity index (χ0n) is 9.63. The van der Waals surface area contributed by atoms with E-state index < -0.39 is 0 Å². The fourth-order valence-corrected chi connectivity index (χ4v) is 2.51. The molecule has 0 bridgehead atoms. The zero-order chi connectivity index (χ0) is 12.1. The average Bonchev–Trinajstić information content (AvgIpc) is 2.17. The molecule has 0 aromatic heterocycles.